The van der Waals surface area contributed by atoms with Crippen LogP contribution in [0.25, 0.3) is 11.0 Å². The van der Waals surface area contributed by atoms with Crippen molar-refractivity contribution in [2.24, 2.45) is 7.05 Å². The topological polar surface area (TPSA) is 108 Å². The number of benzene rings is 1. The molecule has 0 unspecified atom stereocenters. The van der Waals surface area contributed by atoms with Crippen molar-refractivity contribution < 1.29 is 19.4 Å². The van der Waals surface area contributed by atoms with E-state index in [9.17, 15) is 14.7 Å². The smallest absolute Gasteiger partial charge is 0.333 e. The minimum absolute atomic E-state index is 0.126. The van der Waals surface area contributed by atoms with Crippen LogP contribution in [0.2, 0.25) is 0 Å². The van der Waals surface area contributed by atoms with Crippen LogP contribution in [0.5, 0.6) is 5.75 Å². The molecule has 0 spiro atoms. The lowest BCUT2D eigenvalue weighted by Crippen LogP contribution is -2.27. The molecular weight excluding hydrogens is 412 g/mol. The van der Waals surface area contributed by atoms with Gasteiger partial charge in [-0.15, -0.1) is 0 Å². The Bertz CT molecular complexity index is 1130. The molecule has 1 atom stereocenters. The zero-order chi connectivity index (χ0) is 23.3. The molecule has 3 aromatic rings. The van der Waals surface area contributed by atoms with Gasteiger partial charge in [-0.25, -0.2) is 9.78 Å². The van der Waals surface area contributed by atoms with Gasteiger partial charge in [-0.3, -0.25) is 14.0 Å². The van der Waals surface area contributed by atoms with Crippen molar-refractivity contribution in [1.29, 1.82) is 0 Å². The zero-order valence-corrected chi connectivity index (χ0v) is 19.0. The standard InChI is InChI=1S/C23H30N4O5/c1-5-7-18-20-21(26(4)25-18)22(28)27(15(3)24-20)12-13-32-17-10-8-16(9-11-17)14-19(23(29)30)31-6-2/h8-11,19H,5-7,12-14H2,1-4H3,(H,29,30)/t19-/m0/s1. The summed E-state index contributed by atoms with van der Waals surface area (Å²) in [6.07, 6.45) is 1.14. The van der Waals surface area contributed by atoms with Gasteiger partial charge in [0, 0.05) is 20.1 Å². The second kappa shape index (κ2) is 10.4. The van der Waals surface area contributed by atoms with Crippen LogP contribution in [0.4, 0.5) is 0 Å². The number of carbonyl (C=O) groups is 1. The van der Waals surface area contributed by atoms with Crippen molar-refractivity contribution in [3.05, 3.63) is 51.7 Å². The number of aromatic nitrogens is 4. The van der Waals surface area contributed by atoms with Crippen molar-refractivity contribution in [1.82, 2.24) is 19.3 Å². The normalized spacial score (nSPS) is 12.2. The van der Waals surface area contributed by atoms with Crippen LogP contribution >= 0.6 is 0 Å². The molecule has 172 valence electrons. The van der Waals surface area contributed by atoms with Gasteiger partial charge in [0.05, 0.1) is 12.2 Å². The lowest BCUT2D eigenvalue weighted by molar-refractivity contribution is -0.149. The van der Waals surface area contributed by atoms with Crippen LogP contribution in [-0.2, 0) is 36.0 Å². The highest BCUT2D eigenvalue weighted by Gasteiger charge is 2.18. The molecule has 0 radical (unpaired) electrons. The molecule has 0 aliphatic rings. The van der Waals surface area contributed by atoms with E-state index in [4.69, 9.17) is 9.47 Å². The minimum atomic E-state index is -0.978. The molecule has 0 aliphatic heterocycles. The number of carboxylic acids is 1. The zero-order valence-electron chi connectivity index (χ0n) is 19.0. The number of hydrogen-bond donors (Lipinski definition) is 1. The van der Waals surface area contributed by atoms with E-state index in [1.54, 1.807) is 35.4 Å². The third kappa shape index (κ3) is 5.16. The highest BCUT2D eigenvalue weighted by atomic mass is 16.5. The number of rotatable bonds is 11. The van der Waals surface area contributed by atoms with Crippen molar-refractivity contribution >= 4 is 17.0 Å². The summed E-state index contributed by atoms with van der Waals surface area (Å²) < 4.78 is 14.3. The second-order valence-corrected chi connectivity index (χ2v) is 7.61. The maximum Gasteiger partial charge on any atom is 0.333 e. The predicted octanol–water partition coefficient (Wildman–Crippen LogP) is 2.50. The monoisotopic (exact) mass is 442 g/mol. The van der Waals surface area contributed by atoms with Gasteiger partial charge in [0.25, 0.3) is 5.56 Å². The fraction of sp³-hybridized carbons (Fsp3) is 0.478. The molecule has 0 amide bonds. The number of carboxylic acid groups (broad SMARTS) is 1. The van der Waals surface area contributed by atoms with E-state index in [0.717, 1.165) is 24.1 Å². The number of ether oxygens (including phenoxy) is 2. The molecule has 0 fully saturated rings. The summed E-state index contributed by atoms with van der Waals surface area (Å²) >= 11 is 0. The van der Waals surface area contributed by atoms with Crippen LogP contribution in [0, 0.1) is 6.92 Å². The maximum atomic E-state index is 13.0. The quantitative estimate of drug-likeness (QED) is 0.486. The highest BCUT2D eigenvalue weighted by molar-refractivity contribution is 5.76. The summed E-state index contributed by atoms with van der Waals surface area (Å²) in [6, 6.07) is 7.21. The van der Waals surface area contributed by atoms with Crippen molar-refractivity contribution in [3.8, 4) is 5.75 Å². The summed E-state index contributed by atoms with van der Waals surface area (Å²) in [7, 11) is 1.77. The molecule has 3 rings (SSSR count). The summed E-state index contributed by atoms with van der Waals surface area (Å²) in [5, 5.41) is 13.7. The average molecular weight is 443 g/mol. The number of fused-ring (bicyclic) bond motifs is 1. The van der Waals surface area contributed by atoms with Gasteiger partial charge < -0.3 is 14.6 Å². The van der Waals surface area contributed by atoms with Crippen LogP contribution in [-0.4, -0.2) is 49.7 Å². The van der Waals surface area contributed by atoms with E-state index in [1.165, 1.54) is 0 Å². The third-order valence-corrected chi connectivity index (χ3v) is 5.26. The Morgan fingerprint density at radius 2 is 1.94 bits per heavy atom. The number of aliphatic carboxylic acids is 1. The highest BCUT2D eigenvalue weighted by Crippen LogP contribution is 2.16. The molecule has 0 aliphatic carbocycles. The third-order valence-electron chi connectivity index (χ3n) is 5.26. The minimum Gasteiger partial charge on any atom is -0.492 e. The molecule has 1 aromatic carbocycles. The van der Waals surface area contributed by atoms with E-state index in [2.05, 4.69) is 17.0 Å². The fourth-order valence-corrected chi connectivity index (χ4v) is 3.70. The van der Waals surface area contributed by atoms with Crippen molar-refractivity contribution in [2.45, 2.75) is 52.7 Å². The average Bonchev–Trinajstić information content (AvgIpc) is 3.06. The van der Waals surface area contributed by atoms with E-state index < -0.39 is 12.1 Å². The summed E-state index contributed by atoms with van der Waals surface area (Å²) in [4.78, 5) is 28.9. The van der Waals surface area contributed by atoms with Crippen molar-refractivity contribution in [2.75, 3.05) is 13.2 Å². The largest absolute Gasteiger partial charge is 0.492 e. The molecule has 2 aromatic heterocycles. The Morgan fingerprint density at radius 1 is 1.22 bits per heavy atom. The van der Waals surface area contributed by atoms with Gasteiger partial charge in [-0.1, -0.05) is 25.5 Å². The van der Waals surface area contributed by atoms with Crippen LogP contribution < -0.4 is 10.3 Å². The van der Waals surface area contributed by atoms with Gasteiger partial charge >= 0.3 is 5.97 Å². The maximum absolute atomic E-state index is 13.0. The summed E-state index contributed by atoms with van der Waals surface area (Å²) in [5.74, 6) is 0.291. The first kappa shape index (κ1) is 23.5. The molecule has 0 saturated carbocycles. The first-order valence-electron chi connectivity index (χ1n) is 10.8. The van der Waals surface area contributed by atoms with Gasteiger partial charge in [0.1, 0.15) is 23.7 Å². The Morgan fingerprint density at radius 3 is 2.56 bits per heavy atom. The molecule has 32 heavy (non-hydrogen) atoms. The Kier molecular flexibility index (Phi) is 7.63. The van der Waals surface area contributed by atoms with Gasteiger partial charge in [0.2, 0.25) is 0 Å². The lowest BCUT2D eigenvalue weighted by Gasteiger charge is -2.13. The van der Waals surface area contributed by atoms with Crippen LogP contribution in [0.3, 0.4) is 0 Å². The SMILES string of the molecule is CCCc1nn(C)c2c(=O)n(CCOc3ccc(C[C@H](OCC)C(=O)O)cc3)c(C)nc12. The summed E-state index contributed by atoms with van der Waals surface area (Å²) in [5.41, 5.74) is 2.75. The number of aryl methyl sites for hydroxylation is 3. The van der Waals surface area contributed by atoms with Crippen LogP contribution in [0.15, 0.2) is 29.1 Å². The Balaban J connectivity index is 1.67. The molecule has 9 nitrogen and oxygen atoms in total. The molecule has 1 N–H and O–H groups in total. The molecule has 9 heteroatoms. The summed E-state index contributed by atoms with van der Waals surface area (Å²) in [6.45, 7) is 6.65. The van der Waals surface area contributed by atoms with E-state index in [0.29, 0.717) is 42.4 Å². The number of nitrogens with zero attached hydrogens (tertiary/aromatic N) is 4. The van der Waals surface area contributed by atoms with Crippen LogP contribution in [0.1, 0.15) is 37.4 Å². The first-order valence-corrected chi connectivity index (χ1v) is 10.8. The molecule has 2 heterocycles. The fourth-order valence-electron chi connectivity index (χ4n) is 3.70. The van der Waals surface area contributed by atoms with E-state index in [1.807, 2.05) is 19.1 Å². The predicted molar refractivity (Wildman–Crippen MR) is 120 cm³/mol. The van der Waals surface area contributed by atoms with Gasteiger partial charge in [0.15, 0.2) is 11.6 Å². The van der Waals surface area contributed by atoms with Gasteiger partial charge in [-0.05, 0) is 38.0 Å². The second-order valence-electron chi connectivity index (χ2n) is 7.61. The number of hydrogen-bond acceptors (Lipinski definition) is 6. The van der Waals surface area contributed by atoms with Crippen molar-refractivity contribution in [3.63, 3.8) is 0 Å². The molecule has 0 bridgehead atoms. The van der Waals surface area contributed by atoms with E-state index >= 15 is 0 Å². The molecular formula is C23H30N4O5. The Hall–Kier alpha value is -3.20. The molecule has 0 saturated heterocycles. The van der Waals surface area contributed by atoms with E-state index in [-0.39, 0.29) is 12.0 Å². The lowest BCUT2D eigenvalue weighted by atomic mass is 10.1. The van der Waals surface area contributed by atoms with Gasteiger partial charge in [-0.2, -0.15) is 5.10 Å². The first-order chi connectivity index (χ1) is 15.3. The Labute approximate surface area is 186 Å².